The minimum atomic E-state index is -0.0963. The number of hydrogen-bond donors (Lipinski definition) is 1. The molecule has 0 saturated heterocycles. The van der Waals surface area contributed by atoms with Gasteiger partial charge in [-0.1, -0.05) is 18.2 Å². The van der Waals surface area contributed by atoms with Gasteiger partial charge in [0, 0.05) is 40.1 Å². The van der Waals surface area contributed by atoms with Crippen molar-refractivity contribution in [2.45, 2.75) is 32.9 Å². The van der Waals surface area contributed by atoms with Gasteiger partial charge in [-0.15, -0.1) is 11.3 Å². The molecule has 0 bridgehead atoms. The van der Waals surface area contributed by atoms with E-state index in [-0.39, 0.29) is 11.8 Å². The van der Waals surface area contributed by atoms with Crippen molar-refractivity contribution in [2.75, 3.05) is 6.54 Å². The quantitative estimate of drug-likeness (QED) is 0.734. The molecule has 118 valence electrons. The van der Waals surface area contributed by atoms with E-state index >= 15 is 0 Å². The number of hydrogen-bond acceptors (Lipinski definition) is 3. The molecule has 1 aliphatic heterocycles. The van der Waals surface area contributed by atoms with E-state index in [1.165, 1.54) is 10.4 Å². The number of thiophene rings is 1. The Hall–Kier alpha value is -1.91. The molecule has 3 heterocycles. The summed E-state index contributed by atoms with van der Waals surface area (Å²) < 4.78 is 0. The maximum atomic E-state index is 13.1. The van der Waals surface area contributed by atoms with E-state index < -0.39 is 0 Å². The largest absolute Gasteiger partial charge is 0.358 e. The fourth-order valence-corrected chi connectivity index (χ4v) is 4.46. The van der Waals surface area contributed by atoms with Crippen molar-refractivity contribution in [1.82, 2.24) is 9.88 Å². The number of fused-ring (bicyclic) bond motifs is 2. The maximum Gasteiger partial charge on any atom is 0.182 e. The summed E-state index contributed by atoms with van der Waals surface area (Å²) in [4.78, 5) is 20.3. The highest BCUT2D eigenvalue weighted by Crippen LogP contribution is 2.28. The third kappa shape index (κ3) is 2.42. The molecule has 3 aromatic rings. The van der Waals surface area contributed by atoms with Gasteiger partial charge in [-0.2, -0.15) is 0 Å². The van der Waals surface area contributed by atoms with E-state index in [9.17, 15) is 4.79 Å². The van der Waals surface area contributed by atoms with Gasteiger partial charge in [0.15, 0.2) is 5.78 Å². The molecule has 0 radical (unpaired) electrons. The first kappa shape index (κ1) is 14.7. The number of benzene rings is 1. The molecule has 2 aromatic heterocycles. The van der Waals surface area contributed by atoms with Gasteiger partial charge < -0.3 is 4.98 Å². The Labute approximate surface area is 139 Å². The SMILES string of the molecule is Cc1[nH]c2ccccc2c1C(=O)C(C)N1CCc2sccc2C1. The molecule has 4 rings (SSSR count). The molecule has 3 nitrogen and oxygen atoms in total. The number of para-hydroxylation sites is 1. The summed E-state index contributed by atoms with van der Waals surface area (Å²) in [7, 11) is 0. The number of Topliss-reactive ketones (excluding diaryl/α,β-unsaturated/α-hetero) is 1. The van der Waals surface area contributed by atoms with Crippen molar-refractivity contribution in [3.63, 3.8) is 0 Å². The van der Waals surface area contributed by atoms with Crippen LogP contribution < -0.4 is 0 Å². The highest BCUT2D eigenvalue weighted by molar-refractivity contribution is 7.10. The molecule has 0 spiro atoms. The first-order valence-corrected chi connectivity index (χ1v) is 8.94. The smallest absolute Gasteiger partial charge is 0.182 e. The topological polar surface area (TPSA) is 36.1 Å². The first-order valence-electron chi connectivity index (χ1n) is 8.06. The molecule has 1 aromatic carbocycles. The second-order valence-corrected chi connectivity index (χ2v) is 7.30. The number of carbonyl (C=O) groups excluding carboxylic acids is 1. The Bertz CT molecular complexity index is 877. The minimum Gasteiger partial charge on any atom is -0.358 e. The van der Waals surface area contributed by atoms with Crippen LogP contribution in [0.1, 0.15) is 33.4 Å². The Kier molecular flexibility index (Phi) is 3.58. The average Bonchev–Trinajstić information content (AvgIpc) is 3.15. The second-order valence-electron chi connectivity index (χ2n) is 6.30. The van der Waals surface area contributed by atoms with Gasteiger partial charge in [-0.25, -0.2) is 0 Å². The lowest BCUT2D eigenvalue weighted by molar-refractivity contribution is 0.0822. The van der Waals surface area contributed by atoms with Crippen LogP contribution in [0.4, 0.5) is 0 Å². The van der Waals surface area contributed by atoms with Crippen molar-refractivity contribution in [3.05, 3.63) is 57.4 Å². The first-order chi connectivity index (χ1) is 11.1. The van der Waals surface area contributed by atoms with Crippen molar-refractivity contribution in [2.24, 2.45) is 0 Å². The van der Waals surface area contributed by atoms with E-state index in [0.29, 0.717) is 0 Å². The van der Waals surface area contributed by atoms with Crippen LogP contribution in [0.3, 0.4) is 0 Å². The number of aryl methyl sites for hydroxylation is 1. The summed E-state index contributed by atoms with van der Waals surface area (Å²) >= 11 is 1.83. The Morgan fingerprint density at radius 3 is 3.00 bits per heavy atom. The number of H-pyrrole nitrogens is 1. The number of rotatable bonds is 3. The van der Waals surface area contributed by atoms with Crippen LogP contribution in [0.25, 0.3) is 10.9 Å². The molecular weight excluding hydrogens is 304 g/mol. The second kappa shape index (κ2) is 5.62. The van der Waals surface area contributed by atoms with Gasteiger partial charge in [0.05, 0.1) is 6.04 Å². The monoisotopic (exact) mass is 324 g/mol. The molecule has 0 saturated carbocycles. The summed E-state index contributed by atoms with van der Waals surface area (Å²) in [5, 5.41) is 3.19. The summed E-state index contributed by atoms with van der Waals surface area (Å²) in [5.41, 5.74) is 4.25. The van der Waals surface area contributed by atoms with Crippen LogP contribution in [0.5, 0.6) is 0 Å². The van der Waals surface area contributed by atoms with E-state index in [2.05, 4.69) is 21.3 Å². The molecular formula is C19H20N2OS. The number of carbonyl (C=O) groups is 1. The molecule has 0 aliphatic carbocycles. The zero-order chi connectivity index (χ0) is 16.0. The highest BCUT2D eigenvalue weighted by atomic mass is 32.1. The van der Waals surface area contributed by atoms with Crippen molar-refractivity contribution >= 4 is 28.0 Å². The molecule has 23 heavy (non-hydrogen) atoms. The number of aromatic nitrogens is 1. The lowest BCUT2D eigenvalue weighted by atomic mass is 9.99. The lowest BCUT2D eigenvalue weighted by Gasteiger charge is -2.31. The average molecular weight is 324 g/mol. The van der Waals surface area contributed by atoms with Crippen molar-refractivity contribution < 1.29 is 4.79 Å². The van der Waals surface area contributed by atoms with Crippen LogP contribution in [0.2, 0.25) is 0 Å². The third-order valence-electron chi connectivity index (χ3n) is 4.90. The summed E-state index contributed by atoms with van der Waals surface area (Å²) in [6, 6.07) is 10.2. The Morgan fingerprint density at radius 2 is 2.13 bits per heavy atom. The number of ketones is 1. The predicted molar refractivity (Wildman–Crippen MR) is 95.3 cm³/mol. The normalized spacial score (nSPS) is 16.4. The van der Waals surface area contributed by atoms with E-state index in [4.69, 9.17) is 0 Å². The predicted octanol–water partition coefficient (Wildman–Crippen LogP) is 4.17. The zero-order valence-corrected chi connectivity index (χ0v) is 14.2. The molecule has 1 N–H and O–H groups in total. The number of aromatic amines is 1. The summed E-state index contributed by atoms with van der Waals surface area (Å²) in [6.45, 7) is 5.88. The number of nitrogens with zero attached hydrogens (tertiary/aromatic N) is 1. The van der Waals surface area contributed by atoms with Gasteiger partial charge in [0.2, 0.25) is 0 Å². The Balaban J connectivity index is 1.65. The number of nitrogens with one attached hydrogen (secondary N) is 1. The van der Waals surface area contributed by atoms with Gasteiger partial charge in [0.1, 0.15) is 0 Å². The third-order valence-corrected chi connectivity index (χ3v) is 5.93. The zero-order valence-electron chi connectivity index (χ0n) is 13.4. The Morgan fingerprint density at radius 1 is 1.30 bits per heavy atom. The van der Waals surface area contributed by atoms with Crippen molar-refractivity contribution in [3.8, 4) is 0 Å². The van der Waals surface area contributed by atoms with Crippen molar-refractivity contribution in [1.29, 1.82) is 0 Å². The van der Waals surface area contributed by atoms with Crippen LogP contribution >= 0.6 is 11.3 Å². The molecule has 0 fully saturated rings. The highest BCUT2D eigenvalue weighted by Gasteiger charge is 2.28. The minimum absolute atomic E-state index is 0.0963. The maximum absolute atomic E-state index is 13.1. The molecule has 1 aliphatic rings. The van der Waals surface area contributed by atoms with Gasteiger partial charge >= 0.3 is 0 Å². The fraction of sp³-hybridized carbons (Fsp3) is 0.316. The lowest BCUT2D eigenvalue weighted by Crippen LogP contribution is -2.41. The molecule has 1 atom stereocenters. The van der Waals surface area contributed by atoms with E-state index in [1.54, 1.807) is 0 Å². The summed E-state index contributed by atoms with van der Waals surface area (Å²) in [6.07, 6.45) is 1.05. The molecule has 4 heteroatoms. The van der Waals surface area contributed by atoms with Gasteiger partial charge in [-0.3, -0.25) is 9.69 Å². The fourth-order valence-electron chi connectivity index (χ4n) is 3.57. The van der Waals surface area contributed by atoms with Crippen LogP contribution in [-0.2, 0) is 13.0 Å². The molecule has 1 unspecified atom stereocenters. The van der Waals surface area contributed by atoms with E-state index in [1.807, 2.05) is 49.4 Å². The summed E-state index contributed by atoms with van der Waals surface area (Å²) in [5.74, 6) is 0.221. The van der Waals surface area contributed by atoms with Crippen LogP contribution in [0, 0.1) is 6.92 Å². The van der Waals surface area contributed by atoms with Crippen LogP contribution in [-0.4, -0.2) is 28.3 Å². The van der Waals surface area contributed by atoms with Gasteiger partial charge in [0.25, 0.3) is 0 Å². The van der Waals surface area contributed by atoms with E-state index in [0.717, 1.165) is 41.7 Å². The van der Waals surface area contributed by atoms with Crippen LogP contribution in [0.15, 0.2) is 35.7 Å². The van der Waals surface area contributed by atoms with Gasteiger partial charge in [-0.05, 0) is 43.3 Å². The molecule has 0 amide bonds. The standard InChI is InChI=1S/C19H20N2OS/c1-12-18(15-5-3-4-6-16(15)20-12)19(22)13(2)21-9-7-17-14(11-21)8-10-23-17/h3-6,8,10,13,20H,7,9,11H2,1-2H3.